The molecule has 0 spiro atoms. The summed E-state index contributed by atoms with van der Waals surface area (Å²) in [6.45, 7) is 1.46. The lowest BCUT2D eigenvalue weighted by atomic mass is 10.3. The van der Waals surface area contributed by atoms with Crippen LogP contribution in [0.5, 0.6) is 0 Å². The minimum atomic E-state index is -0.610. The molecule has 1 aromatic heterocycles. The van der Waals surface area contributed by atoms with E-state index in [2.05, 4.69) is 22.1 Å². The number of carbonyl (C=O) groups excluding carboxylic acids is 1. The Morgan fingerprint density at radius 1 is 1.71 bits per heavy atom. The summed E-state index contributed by atoms with van der Waals surface area (Å²) in [4.78, 5) is 24.4. The average Bonchev–Trinajstić information content (AvgIpc) is 2.25. The first-order chi connectivity index (χ1) is 8.00. The van der Waals surface area contributed by atoms with Crippen LogP contribution < -0.4 is 5.32 Å². The third-order valence-electron chi connectivity index (χ3n) is 1.66. The number of halogens is 1. The van der Waals surface area contributed by atoms with Crippen molar-refractivity contribution < 1.29 is 9.72 Å². The Morgan fingerprint density at radius 3 is 3.00 bits per heavy atom. The van der Waals surface area contributed by atoms with Crippen molar-refractivity contribution in [3.63, 3.8) is 0 Å². The number of hydrogen-bond acceptors (Lipinski definition) is 4. The molecule has 0 bridgehead atoms. The SMILES string of the molecule is CC(=O)NCC#Cc1ncc(Cl)cc1[N+](=O)[O-]. The van der Waals surface area contributed by atoms with Crippen LogP contribution in [0.2, 0.25) is 5.02 Å². The fraction of sp³-hybridized carbons (Fsp3) is 0.200. The molecule has 0 radical (unpaired) electrons. The van der Waals surface area contributed by atoms with Crippen molar-refractivity contribution in [3.8, 4) is 11.8 Å². The Bertz CT molecular complexity index is 519. The van der Waals surface area contributed by atoms with Crippen LogP contribution in [0.4, 0.5) is 5.69 Å². The maximum absolute atomic E-state index is 10.7. The highest BCUT2D eigenvalue weighted by molar-refractivity contribution is 6.30. The van der Waals surface area contributed by atoms with Crippen LogP contribution in [0.25, 0.3) is 0 Å². The molecule has 0 fully saturated rings. The second kappa shape index (κ2) is 5.82. The quantitative estimate of drug-likeness (QED) is 0.486. The Hall–Kier alpha value is -2.13. The fourth-order valence-electron chi connectivity index (χ4n) is 0.961. The topological polar surface area (TPSA) is 85.1 Å². The first-order valence-electron chi connectivity index (χ1n) is 4.54. The number of aromatic nitrogens is 1. The van der Waals surface area contributed by atoms with E-state index < -0.39 is 4.92 Å². The monoisotopic (exact) mass is 253 g/mol. The minimum absolute atomic E-state index is 0.0183. The molecule has 0 unspecified atom stereocenters. The molecule has 1 rings (SSSR count). The number of hydrogen-bond donors (Lipinski definition) is 1. The van der Waals surface area contributed by atoms with E-state index in [-0.39, 0.29) is 28.9 Å². The standard InChI is InChI=1S/C10H8ClN3O3/c1-7(15)12-4-2-3-9-10(14(16)17)5-8(11)6-13-9/h5-6H,4H2,1H3,(H,12,15). The maximum Gasteiger partial charge on any atom is 0.304 e. The molecule has 1 amide bonds. The normalized spacial score (nSPS) is 9.06. The smallest absolute Gasteiger partial charge is 0.304 e. The van der Waals surface area contributed by atoms with E-state index >= 15 is 0 Å². The number of amides is 1. The highest BCUT2D eigenvalue weighted by Crippen LogP contribution is 2.19. The molecule has 0 saturated heterocycles. The number of carbonyl (C=O) groups is 1. The number of nitro groups is 1. The van der Waals surface area contributed by atoms with Crippen LogP contribution in [0.15, 0.2) is 12.3 Å². The van der Waals surface area contributed by atoms with Crippen molar-refractivity contribution in [2.75, 3.05) is 6.54 Å². The van der Waals surface area contributed by atoms with Crippen molar-refractivity contribution >= 4 is 23.2 Å². The van der Waals surface area contributed by atoms with Gasteiger partial charge in [0.2, 0.25) is 5.91 Å². The van der Waals surface area contributed by atoms with E-state index in [4.69, 9.17) is 11.6 Å². The number of pyridine rings is 1. The van der Waals surface area contributed by atoms with Gasteiger partial charge in [0, 0.05) is 19.2 Å². The van der Waals surface area contributed by atoms with Gasteiger partial charge in [-0.2, -0.15) is 0 Å². The van der Waals surface area contributed by atoms with Crippen molar-refractivity contribution in [2.24, 2.45) is 0 Å². The van der Waals surface area contributed by atoms with E-state index in [0.717, 1.165) is 0 Å². The van der Waals surface area contributed by atoms with Gasteiger partial charge in [0.15, 0.2) is 5.69 Å². The van der Waals surface area contributed by atoms with Crippen LogP contribution in [-0.4, -0.2) is 22.4 Å². The first kappa shape index (κ1) is 12.9. The van der Waals surface area contributed by atoms with Crippen molar-refractivity contribution in [2.45, 2.75) is 6.92 Å². The number of rotatable bonds is 2. The van der Waals surface area contributed by atoms with Crippen LogP contribution >= 0.6 is 11.6 Å². The van der Waals surface area contributed by atoms with Crippen molar-refractivity contribution in [3.05, 3.63) is 33.1 Å². The summed E-state index contributed by atoms with van der Waals surface area (Å²) in [5.41, 5.74) is -0.238. The Balaban J connectivity index is 2.90. The molecular weight excluding hydrogens is 246 g/mol. The summed E-state index contributed by atoms with van der Waals surface area (Å²) in [5.74, 6) is 4.83. The van der Waals surface area contributed by atoms with Gasteiger partial charge in [-0.05, 0) is 5.92 Å². The minimum Gasteiger partial charge on any atom is -0.345 e. The van der Waals surface area contributed by atoms with Crippen molar-refractivity contribution in [1.29, 1.82) is 0 Å². The van der Waals surface area contributed by atoms with Gasteiger partial charge in [-0.25, -0.2) is 4.98 Å². The summed E-state index contributed by atoms with van der Waals surface area (Å²) in [6, 6.07) is 1.18. The van der Waals surface area contributed by atoms with Gasteiger partial charge >= 0.3 is 5.69 Å². The van der Waals surface area contributed by atoms with Gasteiger partial charge < -0.3 is 5.32 Å². The molecule has 17 heavy (non-hydrogen) atoms. The van der Waals surface area contributed by atoms with Crippen LogP contribution in [0.1, 0.15) is 12.6 Å². The van der Waals surface area contributed by atoms with Crippen molar-refractivity contribution in [1.82, 2.24) is 10.3 Å². The number of nitrogens with one attached hydrogen (secondary N) is 1. The zero-order valence-corrected chi connectivity index (χ0v) is 9.61. The highest BCUT2D eigenvalue weighted by atomic mass is 35.5. The predicted octanol–water partition coefficient (Wildman–Crippen LogP) is 1.13. The lowest BCUT2D eigenvalue weighted by Crippen LogP contribution is -2.19. The lowest BCUT2D eigenvalue weighted by molar-refractivity contribution is -0.385. The second-order valence-corrected chi connectivity index (χ2v) is 3.43. The van der Waals surface area contributed by atoms with E-state index in [9.17, 15) is 14.9 Å². The molecule has 0 aliphatic heterocycles. The van der Waals surface area contributed by atoms with E-state index in [1.165, 1.54) is 19.2 Å². The molecule has 0 aromatic carbocycles. The van der Waals surface area contributed by atoms with Gasteiger partial charge in [-0.1, -0.05) is 17.5 Å². The summed E-state index contributed by atoms with van der Waals surface area (Å²) in [7, 11) is 0. The Labute approximate surface area is 102 Å². The molecule has 1 N–H and O–H groups in total. The van der Waals surface area contributed by atoms with Gasteiger partial charge in [0.25, 0.3) is 0 Å². The Morgan fingerprint density at radius 2 is 2.41 bits per heavy atom. The molecule has 6 nitrogen and oxygen atoms in total. The molecule has 1 aromatic rings. The molecule has 0 aliphatic carbocycles. The zero-order chi connectivity index (χ0) is 12.8. The maximum atomic E-state index is 10.7. The third-order valence-corrected chi connectivity index (χ3v) is 1.87. The molecule has 0 atom stereocenters. The van der Waals surface area contributed by atoms with Crippen LogP contribution in [0.3, 0.4) is 0 Å². The van der Waals surface area contributed by atoms with E-state index in [1.807, 2.05) is 0 Å². The van der Waals surface area contributed by atoms with E-state index in [0.29, 0.717) is 0 Å². The fourth-order valence-corrected chi connectivity index (χ4v) is 1.11. The molecular formula is C10H8ClN3O3. The van der Waals surface area contributed by atoms with Gasteiger partial charge in [-0.3, -0.25) is 14.9 Å². The summed E-state index contributed by atoms with van der Waals surface area (Å²) >= 11 is 5.59. The molecule has 7 heteroatoms. The van der Waals surface area contributed by atoms with Crippen LogP contribution in [-0.2, 0) is 4.79 Å². The van der Waals surface area contributed by atoms with Gasteiger partial charge in [-0.15, -0.1) is 0 Å². The number of nitrogens with zero attached hydrogens (tertiary/aromatic N) is 2. The lowest BCUT2D eigenvalue weighted by Gasteiger charge is -1.95. The van der Waals surface area contributed by atoms with Crippen LogP contribution in [0, 0.1) is 22.0 Å². The highest BCUT2D eigenvalue weighted by Gasteiger charge is 2.13. The second-order valence-electron chi connectivity index (χ2n) is 2.99. The van der Waals surface area contributed by atoms with E-state index in [1.54, 1.807) is 0 Å². The summed E-state index contributed by atoms with van der Waals surface area (Å²) in [6.07, 6.45) is 1.27. The zero-order valence-electron chi connectivity index (χ0n) is 8.86. The van der Waals surface area contributed by atoms with Gasteiger partial charge in [0.05, 0.1) is 16.5 Å². The van der Waals surface area contributed by atoms with Gasteiger partial charge in [0.1, 0.15) is 0 Å². The Kier molecular flexibility index (Phi) is 4.43. The average molecular weight is 254 g/mol. The molecule has 0 aliphatic rings. The first-order valence-corrected chi connectivity index (χ1v) is 4.91. The molecule has 1 heterocycles. The molecule has 0 saturated carbocycles. The summed E-state index contributed by atoms with van der Waals surface area (Å²) < 4.78 is 0. The third kappa shape index (κ3) is 4.09. The predicted molar refractivity (Wildman–Crippen MR) is 61.5 cm³/mol. The molecule has 88 valence electrons. The largest absolute Gasteiger partial charge is 0.345 e. The summed E-state index contributed by atoms with van der Waals surface area (Å²) in [5, 5.41) is 13.3.